The van der Waals surface area contributed by atoms with Gasteiger partial charge in [-0.15, -0.1) is 0 Å². The summed E-state index contributed by atoms with van der Waals surface area (Å²) in [6, 6.07) is -0.861. The summed E-state index contributed by atoms with van der Waals surface area (Å²) in [6.45, 7) is 4.80. The number of nitrogens with zero attached hydrogens (tertiary/aromatic N) is 1. The molecule has 0 aromatic heterocycles. The van der Waals surface area contributed by atoms with Crippen molar-refractivity contribution < 1.29 is 32.9 Å². The quantitative estimate of drug-likeness (QED) is 0.0243. The van der Waals surface area contributed by atoms with Crippen LogP contribution in [0.4, 0.5) is 0 Å². The summed E-state index contributed by atoms with van der Waals surface area (Å²) in [5, 5.41) is 13.9. The maximum Gasteiger partial charge on any atom is 0.472 e. The van der Waals surface area contributed by atoms with Crippen molar-refractivity contribution in [3.05, 3.63) is 36.5 Å². The van der Waals surface area contributed by atoms with Gasteiger partial charge in [0.2, 0.25) is 5.91 Å². The molecule has 0 radical (unpaired) electrons. The Morgan fingerprint density at radius 1 is 0.524 bits per heavy atom. The summed E-state index contributed by atoms with van der Waals surface area (Å²) in [5.41, 5.74) is 0. The van der Waals surface area contributed by atoms with Gasteiger partial charge in [0.15, 0.2) is 0 Å². The van der Waals surface area contributed by atoms with Gasteiger partial charge in [-0.3, -0.25) is 13.8 Å². The molecule has 372 valence electrons. The van der Waals surface area contributed by atoms with Crippen molar-refractivity contribution in [2.24, 2.45) is 0 Å². The molecule has 0 aliphatic carbocycles. The zero-order chi connectivity index (χ0) is 46.4. The topological polar surface area (TPSA) is 105 Å². The highest BCUT2D eigenvalue weighted by atomic mass is 31.2. The Bertz CT molecular complexity index is 1120. The number of carbonyl (C=O) groups is 1. The number of rotatable bonds is 49. The summed E-state index contributed by atoms with van der Waals surface area (Å²) in [5.74, 6) is -0.185. The normalized spacial score (nSPS) is 14.3. The number of phosphoric ester groups is 1. The van der Waals surface area contributed by atoms with Gasteiger partial charge in [0, 0.05) is 6.42 Å². The molecule has 0 saturated heterocycles. The number of aliphatic hydroxyl groups excluding tert-OH is 1. The second kappa shape index (κ2) is 45.9. The zero-order valence-corrected chi connectivity index (χ0v) is 43.2. The minimum Gasteiger partial charge on any atom is -0.387 e. The fourth-order valence-corrected chi connectivity index (χ4v) is 8.55. The van der Waals surface area contributed by atoms with E-state index in [0.717, 1.165) is 38.5 Å². The van der Waals surface area contributed by atoms with E-state index >= 15 is 0 Å². The van der Waals surface area contributed by atoms with Crippen LogP contribution in [0.15, 0.2) is 36.5 Å². The van der Waals surface area contributed by atoms with Crippen molar-refractivity contribution in [3.63, 3.8) is 0 Å². The molecule has 0 fully saturated rings. The highest BCUT2D eigenvalue weighted by molar-refractivity contribution is 7.47. The number of amides is 1. The van der Waals surface area contributed by atoms with Gasteiger partial charge in [-0.25, -0.2) is 4.57 Å². The van der Waals surface area contributed by atoms with Crippen LogP contribution in [-0.2, 0) is 18.4 Å². The number of hydrogen-bond donors (Lipinski definition) is 3. The fourth-order valence-electron chi connectivity index (χ4n) is 7.82. The van der Waals surface area contributed by atoms with Crippen molar-refractivity contribution in [2.45, 2.75) is 264 Å². The van der Waals surface area contributed by atoms with Crippen LogP contribution in [0, 0.1) is 0 Å². The Morgan fingerprint density at radius 2 is 0.873 bits per heavy atom. The molecule has 9 heteroatoms. The second-order valence-corrected chi connectivity index (χ2v) is 21.0. The Hall–Kier alpha value is -1.28. The van der Waals surface area contributed by atoms with Crippen LogP contribution in [0.3, 0.4) is 0 Å². The lowest BCUT2D eigenvalue weighted by Gasteiger charge is -2.25. The van der Waals surface area contributed by atoms with Crippen LogP contribution in [0.25, 0.3) is 0 Å². The van der Waals surface area contributed by atoms with E-state index in [2.05, 4.69) is 43.5 Å². The predicted octanol–water partition coefficient (Wildman–Crippen LogP) is 15.8. The molecule has 0 heterocycles. The van der Waals surface area contributed by atoms with Gasteiger partial charge in [-0.2, -0.15) is 0 Å². The van der Waals surface area contributed by atoms with Gasteiger partial charge in [-0.05, 0) is 57.8 Å². The van der Waals surface area contributed by atoms with E-state index in [0.29, 0.717) is 17.4 Å². The van der Waals surface area contributed by atoms with Gasteiger partial charge in [0.25, 0.3) is 0 Å². The van der Waals surface area contributed by atoms with Gasteiger partial charge in [0.05, 0.1) is 39.9 Å². The van der Waals surface area contributed by atoms with E-state index in [4.69, 9.17) is 9.05 Å². The molecular formula is C54H106N2O6P+. The predicted molar refractivity (Wildman–Crippen MR) is 272 cm³/mol. The van der Waals surface area contributed by atoms with Crippen LogP contribution in [0.2, 0.25) is 0 Å². The lowest BCUT2D eigenvalue weighted by Crippen LogP contribution is -2.45. The standard InChI is InChI=1S/C54H105N2O6P/c1-6-8-10-12-14-16-18-20-22-23-24-25-26-27-28-29-30-31-32-33-34-36-38-40-42-44-46-48-54(58)55-52(51-62-63(59,60)61-50-49-56(3,4)5)53(57)47-45-43-41-39-37-35-21-19-17-15-13-11-9-7-2/h23-24,37,39,45,47,52-53,57H,6-22,25-36,38,40-44,46,48-51H2,1-5H3,(H-,55,58,59,60)/p+1/b24-23-,39-37+,47-45+. The Labute approximate surface area is 391 Å². The molecule has 3 unspecified atom stereocenters. The van der Waals surface area contributed by atoms with E-state index in [1.165, 1.54) is 193 Å². The molecule has 63 heavy (non-hydrogen) atoms. The monoisotopic (exact) mass is 910 g/mol. The summed E-state index contributed by atoms with van der Waals surface area (Å²) in [6.07, 6.45) is 58.1. The maximum atomic E-state index is 12.9. The smallest absolute Gasteiger partial charge is 0.387 e. The molecule has 3 atom stereocenters. The van der Waals surface area contributed by atoms with E-state index < -0.39 is 20.0 Å². The highest BCUT2D eigenvalue weighted by Gasteiger charge is 2.27. The van der Waals surface area contributed by atoms with Gasteiger partial charge in [-0.1, -0.05) is 224 Å². The van der Waals surface area contributed by atoms with Crippen LogP contribution < -0.4 is 5.32 Å². The number of nitrogens with one attached hydrogen (secondary N) is 1. The molecule has 0 rings (SSSR count). The first-order valence-electron chi connectivity index (χ1n) is 26.9. The first kappa shape index (κ1) is 61.7. The third kappa shape index (κ3) is 48.5. The van der Waals surface area contributed by atoms with Crippen molar-refractivity contribution in [1.82, 2.24) is 5.32 Å². The van der Waals surface area contributed by atoms with Crippen molar-refractivity contribution in [3.8, 4) is 0 Å². The molecular weight excluding hydrogens is 804 g/mol. The van der Waals surface area contributed by atoms with Crippen molar-refractivity contribution >= 4 is 13.7 Å². The minimum absolute atomic E-state index is 0.0571. The first-order valence-corrected chi connectivity index (χ1v) is 28.4. The summed E-state index contributed by atoms with van der Waals surface area (Å²) >= 11 is 0. The Balaban J connectivity index is 4.17. The zero-order valence-electron chi connectivity index (χ0n) is 42.3. The molecule has 0 bridgehead atoms. The molecule has 3 N–H and O–H groups in total. The lowest BCUT2D eigenvalue weighted by atomic mass is 10.0. The molecule has 0 aliphatic heterocycles. The number of unbranched alkanes of at least 4 members (excludes halogenated alkanes) is 32. The van der Waals surface area contributed by atoms with Gasteiger partial charge >= 0.3 is 7.82 Å². The number of aliphatic hydroxyl groups is 1. The summed E-state index contributed by atoms with van der Waals surface area (Å²) < 4.78 is 23.6. The number of quaternary nitrogens is 1. The van der Waals surface area contributed by atoms with Crippen molar-refractivity contribution in [1.29, 1.82) is 0 Å². The number of allylic oxidation sites excluding steroid dienone is 5. The van der Waals surface area contributed by atoms with Crippen LogP contribution in [-0.4, -0.2) is 73.4 Å². The average Bonchev–Trinajstić information content (AvgIpc) is 3.24. The first-order chi connectivity index (χ1) is 30.5. The largest absolute Gasteiger partial charge is 0.472 e. The number of carbonyl (C=O) groups excluding carboxylic acids is 1. The van der Waals surface area contributed by atoms with Crippen LogP contribution in [0.1, 0.15) is 251 Å². The second-order valence-electron chi connectivity index (χ2n) is 19.6. The molecule has 0 aromatic carbocycles. The van der Waals surface area contributed by atoms with E-state index in [1.54, 1.807) is 6.08 Å². The third-order valence-corrected chi connectivity index (χ3v) is 13.1. The SMILES string of the molecule is CCCCCCCCCC/C=C\CCCCCCCCCCCCCCCCCC(=O)NC(COP(=O)(O)OCC[N+](C)(C)C)C(O)/C=C/CC/C=C/CCCCCCCCCC. The minimum atomic E-state index is -4.35. The molecule has 0 saturated carbocycles. The maximum absolute atomic E-state index is 12.9. The Morgan fingerprint density at radius 3 is 1.27 bits per heavy atom. The Kier molecular flexibility index (Phi) is 44.9. The van der Waals surface area contributed by atoms with E-state index in [1.807, 2.05) is 27.2 Å². The van der Waals surface area contributed by atoms with Crippen LogP contribution >= 0.6 is 7.82 Å². The van der Waals surface area contributed by atoms with E-state index in [-0.39, 0.29) is 19.1 Å². The average molecular weight is 910 g/mol. The lowest BCUT2D eigenvalue weighted by molar-refractivity contribution is -0.870. The highest BCUT2D eigenvalue weighted by Crippen LogP contribution is 2.43. The summed E-state index contributed by atoms with van der Waals surface area (Å²) in [7, 11) is 1.56. The van der Waals surface area contributed by atoms with Gasteiger partial charge in [0.1, 0.15) is 13.2 Å². The fraction of sp³-hybridized carbons (Fsp3) is 0.870. The molecule has 0 aromatic rings. The van der Waals surface area contributed by atoms with Gasteiger partial charge < -0.3 is 19.8 Å². The molecule has 0 aliphatic rings. The van der Waals surface area contributed by atoms with Crippen LogP contribution in [0.5, 0.6) is 0 Å². The number of hydrogen-bond acceptors (Lipinski definition) is 5. The number of phosphoric acid groups is 1. The van der Waals surface area contributed by atoms with E-state index in [9.17, 15) is 19.4 Å². The molecule has 8 nitrogen and oxygen atoms in total. The molecule has 1 amide bonds. The van der Waals surface area contributed by atoms with Crippen molar-refractivity contribution in [2.75, 3.05) is 40.9 Å². The molecule has 0 spiro atoms. The number of likely N-dealkylation sites (N-methyl/N-ethyl adjacent to an activating group) is 1. The summed E-state index contributed by atoms with van der Waals surface area (Å²) in [4.78, 5) is 23.2. The third-order valence-electron chi connectivity index (χ3n) is 12.1.